The number of carbonyl (C=O) groups excluding carboxylic acids is 1. The van der Waals surface area contributed by atoms with Crippen LogP contribution < -0.4 is 5.73 Å². The van der Waals surface area contributed by atoms with Gasteiger partial charge in [-0.25, -0.2) is 0 Å². The van der Waals surface area contributed by atoms with Crippen molar-refractivity contribution < 1.29 is 9.90 Å². The summed E-state index contributed by atoms with van der Waals surface area (Å²) >= 11 is 0. The zero-order chi connectivity index (χ0) is 26.1. The van der Waals surface area contributed by atoms with E-state index < -0.39 is 0 Å². The van der Waals surface area contributed by atoms with Gasteiger partial charge in [-0.05, 0) is 53.4 Å². The molecule has 0 saturated carbocycles. The lowest BCUT2D eigenvalue weighted by Gasteiger charge is -2.28. The highest BCUT2D eigenvalue weighted by Crippen LogP contribution is 2.40. The number of nitrogens with two attached hydrogens (primary N) is 1. The smallest absolute Gasteiger partial charge is 0.182 e. The van der Waals surface area contributed by atoms with Crippen LogP contribution in [0.4, 0.5) is 5.69 Å². The predicted octanol–water partition coefficient (Wildman–Crippen LogP) is 6.90. The van der Waals surface area contributed by atoms with Gasteiger partial charge >= 0.3 is 0 Å². The topological polar surface area (TPSA) is 90.4 Å². The van der Waals surface area contributed by atoms with E-state index in [0.29, 0.717) is 23.9 Å². The highest BCUT2D eigenvalue weighted by molar-refractivity contribution is 8.93. The number of hydrogen-bond acceptors (Lipinski definition) is 4. The van der Waals surface area contributed by atoms with Gasteiger partial charge in [-0.1, -0.05) is 73.1 Å². The molecular weight excluding hydrogens is 514 g/mol. The highest BCUT2D eigenvalue weighted by Gasteiger charge is 2.38. The molecule has 3 rings (SSSR count). The van der Waals surface area contributed by atoms with Crippen LogP contribution >= 0.6 is 17.0 Å². The monoisotopic (exact) mass is 557 g/mol. The minimum Gasteiger partial charge on any atom is -0.507 e. The maximum absolute atomic E-state index is 13.6. The molecule has 0 radical (unpaired) electrons. The Morgan fingerprint density at radius 2 is 1.64 bits per heavy atom. The van der Waals surface area contributed by atoms with Gasteiger partial charge in [0.25, 0.3) is 0 Å². The molecule has 1 aliphatic heterocycles. The van der Waals surface area contributed by atoms with E-state index >= 15 is 0 Å². The number of phenols is 1. The van der Waals surface area contributed by atoms with Crippen molar-refractivity contribution in [2.75, 3.05) is 18.8 Å². The third kappa shape index (κ3) is 6.50. The maximum Gasteiger partial charge on any atom is 0.182 e. The van der Waals surface area contributed by atoms with Crippen molar-refractivity contribution in [3.8, 4) is 5.75 Å². The Balaban J connectivity index is 0.00000456. The quantitative estimate of drug-likeness (QED) is 0.255. The Morgan fingerprint density at radius 3 is 2.14 bits per heavy atom. The summed E-state index contributed by atoms with van der Waals surface area (Å²) < 4.78 is 0. The Bertz CT molecular complexity index is 1060. The van der Waals surface area contributed by atoms with E-state index in [1.807, 2.05) is 82.8 Å². The normalized spacial score (nSPS) is 18.3. The number of phenolic OH excluding ortho intramolecular Hbond substituents is 1. The maximum atomic E-state index is 13.6. The summed E-state index contributed by atoms with van der Waals surface area (Å²) in [7, 11) is 0. The molecular formula is C30H44BrN3O2. The summed E-state index contributed by atoms with van der Waals surface area (Å²) in [6.07, 6.45) is 2.79. The number of halogens is 1. The standard InChI is InChI=1S/C30H43N3O2.BrH/c1-8-11-20-17-33(28(32)22(20)14-19-12-9-10-13-25(19)31)18-26(34)21-15-23(29(2,3)4)27(35)24(16-21)30(5,6)7;/h9-10,12-13,15-16,20,22,32,35H,8,11,14,17-18,31H2,1-7H3;1H. The van der Waals surface area contributed by atoms with Crippen molar-refractivity contribution in [3.63, 3.8) is 0 Å². The lowest BCUT2D eigenvalue weighted by atomic mass is 9.78. The number of nitrogens with zero attached hydrogens (tertiary/aromatic N) is 1. The summed E-state index contributed by atoms with van der Waals surface area (Å²) in [5.41, 5.74) is 9.61. The van der Waals surface area contributed by atoms with E-state index in [1.54, 1.807) is 0 Å². The van der Waals surface area contributed by atoms with Gasteiger partial charge in [-0.2, -0.15) is 0 Å². The van der Waals surface area contributed by atoms with Crippen molar-refractivity contribution in [1.29, 1.82) is 5.41 Å². The summed E-state index contributed by atoms with van der Waals surface area (Å²) in [5, 5.41) is 20.0. The van der Waals surface area contributed by atoms with E-state index in [-0.39, 0.29) is 51.8 Å². The molecule has 6 heteroatoms. The molecule has 36 heavy (non-hydrogen) atoms. The molecule has 5 nitrogen and oxygen atoms in total. The van der Waals surface area contributed by atoms with E-state index in [0.717, 1.165) is 41.6 Å². The van der Waals surface area contributed by atoms with Crippen LogP contribution in [0, 0.1) is 17.2 Å². The van der Waals surface area contributed by atoms with Gasteiger partial charge in [0.1, 0.15) is 11.6 Å². The summed E-state index contributed by atoms with van der Waals surface area (Å²) in [6.45, 7) is 15.4. The van der Waals surface area contributed by atoms with Crippen LogP contribution in [-0.2, 0) is 17.3 Å². The molecule has 2 unspecified atom stereocenters. The number of nitrogen functional groups attached to an aromatic ring is 1. The van der Waals surface area contributed by atoms with Gasteiger partial charge in [-0.3, -0.25) is 10.2 Å². The zero-order valence-electron chi connectivity index (χ0n) is 22.9. The highest BCUT2D eigenvalue weighted by atomic mass is 79.9. The Hall–Kier alpha value is -2.34. The largest absolute Gasteiger partial charge is 0.507 e. The molecule has 0 aromatic heterocycles. The van der Waals surface area contributed by atoms with Gasteiger partial charge in [0.15, 0.2) is 5.78 Å². The summed E-state index contributed by atoms with van der Waals surface area (Å²) in [6, 6.07) is 11.6. The van der Waals surface area contributed by atoms with E-state index in [9.17, 15) is 9.90 Å². The molecule has 2 aromatic rings. The van der Waals surface area contributed by atoms with Gasteiger partial charge in [0.2, 0.25) is 0 Å². The average molecular weight is 559 g/mol. The number of hydrogen-bond donors (Lipinski definition) is 3. The average Bonchev–Trinajstić information content (AvgIpc) is 3.03. The molecule has 1 saturated heterocycles. The van der Waals surface area contributed by atoms with E-state index in [2.05, 4.69) is 6.92 Å². The molecule has 1 fully saturated rings. The second kappa shape index (κ2) is 11.4. The minimum atomic E-state index is -0.298. The van der Waals surface area contributed by atoms with E-state index in [1.165, 1.54) is 0 Å². The second-order valence-electron chi connectivity index (χ2n) is 12.2. The molecule has 1 aliphatic rings. The molecule has 1 heterocycles. The van der Waals surface area contributed by atoms with Crippen LogP contribution in [0.25, 0.3) is 0 Å². The molecule has 0 bridgehead atoms. The van der Waals surface area contributed by atoms with Gasteiger partial charge < -0.3 is 15.7 Å². The van der Waals surface area contributed by atoms with Crippen LogP contribution in [0.15, 0.2) is 36.4 Å². The van der Waals surface area contributed by atoms with Gasteiger partial charge in [-0.15, -0.1) is 17.0 Å². The number of para-hydroxylation sites is 1. The number of rotatable bonds is 7. The Labute approximate surface area is 227 Å². The Morgan fingerprint density at radius 1 is 1.08 bits per heavy atom. The van der Waals surface area contributed by atoms with Crippen molar-refractivity contribution in [3.05, 3.63) is 58.7 Å². The molecule has 2 atom stereocenters. The van der Waals surface area contributed by atoms with Crippen LogP contribution in [-0.4, -0.2) is 34.7 Å². The number of carbonyl (C=O) groups is 1. The van der Waals surface area contributed by atoms with Crippen molar-refractivity contribution >= 4 is 34.3 Å². The number of nitrogens with one attached hydrogen (secondary N) is 1. The second-order valence-corrected chi connectivity index (χ2v) is 12.2. The summed E-state index contributed by atoms with van der Waals surface area (Å²) in [4.78, 5) is 15.5. The number of likely N-dealkylation sites (tertiary alicyclic amines) is 1. The fourth-order valence-corrected chi connectivity index (χ4v) is 5.20. The molecule has 4 N–H and O–H groups in total. The first-order valence-corrected chi connectivity index (χ1v) is 12.8. The fourth-order valence-electron chi connectivity index (χ4n) is 5.20. The SMILES string of the molecule is Br.CCCC1CN(CC(=O)c2cc(C(C)(C)C)c(O)c(C(C)(C)C)c2)C(=N)C1Cc1ccccc1N. The summed E-state index contributed by atoms with van der Waals surface area (Å²) in [5.74, 6) is 1.18. The Kier molecular flexibility index (Phi) is 9.44. The number of Topliss-reactive ketones (excluding diaryl/α,β-unsaturated/α-hetero) is 1. The lowest BCUT2D eigenvalue weighted by Crippen LogP contribution is -2.33. The van der Waals surface area contributed by atoms with Gasteiger partial charge in [0, 0.05) is 34.8 Å². The number of benzene rings is 2. The molecule has 0 amide bonds. The first-order chi connectivity index (χ1) is 16.2. The number of ketones is 1. The first kappa shape index (κ1) is 29.9. The predicted molar refractivity (Wildman–Crippen MR) is 156 cm³/mol. The van der Waals surface area contributed by atoms with Crippen LogP contribution in [0.3, 0.4) is 0 Å². The van der Waals surface area contributed by atoms with Crippen LogP contribution in [0.5, 0.6) is 5.75 Å². The lowest BCUT2D eigenvalue weighted by molar-refractivity contribution is 0.0963. The minimum absolute atomic E-state index is 0. The van der Waals surface area contributed by atoms with E-state index in [4.69, 9.17) is 11.1 Å². The molecule has 2 aromatic carbocycles. The fraction of sp³-hybridized carbons (Fsp3) is 0.533. The van der Waals surface area contributed by atoms with Crippen molar-refractivity contribution in [2.45, 2.75) is 78.6 Å². The van der Waals surface area contributed by atoms with Crippen LogP contribution in [0.1, 0.15) is 88.4 Å². The third-order valence-electron chi connectivity index (χ3n) is 7.25. The number of aromatic hydroxyl groups is 1. The van der Waals surface area contributed by atoms with Gasteiger partial charge in [0.05, 0.1) is 6.54 Å². The first-order valence-electron chi connectivity index (χ1n) is 12.8. The van der Waals surface area contributed by atoms with Crippen molar-refractivity contribution in [2.24, 2.45) is 11.8 Å². The van der Waals surface area contributed by atoms with Crippen molar-refractivity contribution in [1.82, 2.24) is 4.90 Å². The molecule has 0 spiro atoms. The number of anilines is 1. The molecule has 0 aliphatic carbocycles. The van der Waals surface area contributed by atoms with Crippen LogP contribution in [0.2, 0.25) is 0 Å². The molecule has 198 valence electrons. The number of amidine groups is 1. The third-order valence-corrected chi connectivity index (χ3v) is 7.25. The zero-order valence-corrected chi connectivity index (χ0v) is 24.7.